The van der Waals surface area contributed by atoms with Crippen molar-refractivity contribution >= 4 is 27.3 Å². The van der Waals surface area contributed by atoms with Crippen molar-refractivity contribution in [2.75, 3.05) is 21.2 Å². The van der Waals surface area contributed by atoms with E-state index in [0.29, 0.717) is 29.3 Å². The normalized spacial score (nSPS) is 10.9. The molecule has 0 atom stereocenters. The van der Waals surface area contributed by atoms with E-state index < -0.39 is 5.82 Å². The molecule has 9 heteroatoms. The van der Waals surface area contributed by atoms with Gasteiger partial charge in [-0.1, -0.05) is 24.3 Å². The molecule has 5 aromatic rings. The molecule has 0 bridgehead atoms. The molecule has 0 N–H and O–H groups in total. The van der Waals surface area contributed by atoms with Crippen LogP contribution in [0.2, 0.25) is 0 Å². The zero-order valence-corrected chi connectivity index (χ0v) is 22.0. The summed E-state index contributed by atoms with van der Waals surface area (Å²) in [6.45, 7) is 0.148. The lowest BCUT2D eigenvalue weighted by atomic mass is 10.0. The lowest BCUT2D eigenvalue weighted by Crippen LogP contribution is -2.23. The van der Waals surface area contributed by atoms with Crippen LogP contribution in [0.4, 0.5) is 4.39 Å². The number of methoxy groups -OCH3 is 1. The number of ether oxygens (including phenoxy) is 2. The molecule has 2 aromatic carbocycles. The highest BCUT2D eigenvalue weighted by Gasteiger charge is 2.18. The van der Waals surface area contributed by atoms with Crippen LogP contribution in [-0.4, -0.2) is 47.2 Å². The van der Waals surface area contributed by atoms with Crippen molar-refractivity contribution in [2.24, 2.45) is 0 Å². The fourth-order valence-corrected chi connectivity index (χ4v) is 4.96. The summed E-state index contributed by atoms with van der Waals surface area (Å²) in [5, 5.41) is 12.0. The fourth-order valence-electron chi connectivity index (χ4n) is 4.07. The van der Waals surface area contributed by atoms with E-state index in [1.165, 1.54) is 23.5 Å². The fraction of sp³-hybridized carbons (Fsp3) is 0.172. The Labute approximate surface area is 223 Å². The minimum atomic E-state index is -0.415. The van der Waals surface area contributed by atoms with Gasteiger partial charge in [0.2, 0.25) is 11.8 Å². The van der Waals surface area contributed by atoms with Crippen molar-refractivity contribution in [1.29, 1.82) is 0 Å². The monoisotopic (exact) mass is 528 g/mol. The summed E-state index contributed by atoms with van der Waals surface area (Å²) in [6.07, 6.45) is 1.97. The van der Waals surface area contributed by atoms with Crippen LogP contribution in [0.3, 0.4) is 0 Å². The number of pyridine rings is 1. The largest absolute Gasteiger partial charge is 0.488 e. The van der Waals surface area contributed by atoms with Crippen LogP contribution in [-0.2, 0) is 17.8 Å². The summed E-state index contributed by atoms with van der Waals surface area (Å²) >= 11 is 1.53. The second-order valence-electron chi connectivity index (χ2n) is 8.82. The first-order chi connectivity index (χ1) is 18.4. The van der Waals surface area contributed by atoms with Gasteiger partial charge < -0.3 is 14.4 Å². The van der Waals surface area contributed by atoms with Gasteiger partial charge in [-0.05, 0) is 41.3 Å². The average Bonchev–Trinajstić information content (AvgIpc) is 3.42. The van der Waals surface area contributed by atoms with E-state index in [-0.39, 0.29) is 12.5 Å². The summed E-state index contributed by atoms with van der Waals surface area (Å²) in [6, 6.07) is 17.8. The van der Waals surface area contributed by atoms with Gasteiger partial charge in [-0.2, -0.15) is 0 Å². The van der Waals surface area contributed by atoms with Crippen LogP contribution in [0.15, 0.2) is 72.2 Å². The number of thiophene rings is 1. The summed E-state index contributed by atoms with van der Waals surface area (Å²) < 4.78 is 26.5. The quantitative estimate of drug-likeness (QED) is 0.254. The maximum absolute atomic E-state index is 14.3. The molecule has 0 unspecified atom stereocenters. The molecule has 0 aliphatic carbocycles. The first-order valence-electron chi connectivity index (χ1n) is 11.9. The van der Waals surface area contributed by atoms with Crippen LogP contribution in [0.25, 0.3) is 32.6 Å². The summed E-state index contributed by atoms with van der Waals surface area (Å²) in [5.74, 6) is 0.429. The molecule has 0 aliphatic rings. The number of amides is 1. The number of carbonyl (C=O) groups is 1. The number of carbonyl (C=O) groups excluding carboxylic acids is 1. The molecule has 0 saturated heterocycles. The molecule has 3 heterocycles. The third kappa shape index (κ3) is 5.19. The maximum atomic E-state index is 14.3. The Balaban J connectivity index is 1.48. The number of benzene rings is 2. The van der Waals surface area contributed by atoms with Crippen molar-refractivity contribution in [2.45, 2.75) is 13.0 Å². The van der Waals surface area contributed by atoms with E-state index in [2.05, 4.69) is 15.2 Å². The molecule has 0 spiro atoms. The first-order valence-corrected chi connectivity index (χ1v) is 12.8. The van der Waals surface area contributed by atoms with E-state index in [4.69, 9.17) is 9.47 Å². The van der Waals surface area contributed by atoms with Crippen molar-refractivity contribution in [3.63, 3.8) is 0 Å². The van der Waals surface area contributed by atoms with Gasteiger partial charge in [0.05, 0.1) is 23.8 Å². The maximum Gasteiger partial charge on any atom is 0.226 e. The van der Waals surface area contributed by atoms with Crippen LogP contribution >= 0.6 is 11.3 Å². The molecule has 192 valence electrons. The van der Waals surface area contributed by atoms with Gasteiger partial charge in [0.25, 0.3) is 0 Å². The average molecular weight is 529 g/mol. The standard InChI is InChI=1S/C29H25FN4O3S/c1-34(2)25(35)15-18-6-8-19(9-7-18)26-23-12-14-38-28(23)27(33-32-26)22-11-10-21(30)16-24(22)37-17-20-5-4-13-31-29(20)36-3/h4-14,16H,15,17H2,1-3H3. The Morgan fingerprint density at radius 1 is 1.03 bits per heavy atom. The van der Waals surface area contributed by atoms with Crippen molar-refractivity contribution in [3.05, 3.63) is 89.2 Å². The molecule has 5 rings (SSSR count). The molecule has 1 amide bonds. The third-order valence-electron chi connectivity index (χ3n) is 6.09. The van der Waals surface area contributed by atoms with Gasteiger partial charge in [-0.25, -0.2) is 9.37 Å². The Hall–Kier alpha value is -4.37. The van der Waals surface area contributed by atoms with Gasteiger partial charge in [0.15, 0.2) is 0 Å². The number of aromatic nitrogens is 3. The van der Waals surface area contributed by atoms with Crippen molar-refractivity contribution < 1.29 is 18.7 Å². The number of nitrogens with zero attached hydrogens (tertiary/aromatic N) is 4. The molecule has 3 aromatic heterocycles. The molecule has 0 fully saturated rings. The first kappa shape index (κ1) is 25.3. The molecular formula is C29H25FN4O3S. The zero-order chi connectivity index (χ0) is 26.6. The van der Waals surface area contributed by atoms with Crippen LogP contribution < -0.4 is 9.47 Å². The Morgan fingerprint density at radius 2 is 1.82 bits per heavy atom. The number of rotatable bonds is 8. The number of hydrogen-bond donors (Lipinski definition) is 0. The highest BCUT2D eigenvalue weighted by molar-refractivity contribution is 7.17. The third-order valence-corrected chi connectivity index (χ3v) is 7.01. The lowest BCUT2D eigenvalue weighted by Gasteiger charge is -2.14. The number of likely N-dealkylation sites (N-methyl/N-ethyl adjacent to an activating group) is 1. The Morgan fingerprint density at radius 3 is 2.58 bits per heavy atom. The van der Waals surface area contributed by atoms with Crippen LogP contribution in [0.1, 0.15) is 11.1 Å². The Kier molecular flexibility index (Phi) is 7.28. The Bertz CT molecular complexity index is 1600. The predicted octanol–water partition coefficient (Wildman–Crippen LogP) is 5.78. The van der Waals surface area contributed by atoms with Crippen LogP contribution in [0.5, 0.6) is 11.6 Å². The van der Waals surface area contributed by atoms with Gasteiger partial charge in [0, 0.05) is 42.9 Å². The second-order valence-corrected chi connectivity index (χ2v) is 9.74. The summed E-state index contributed by atoms with van der Waals surface area (Å²) in [4.78, 5) is 17.8. The van der Waals surface area contributed by atoms with E-state index in [1.807, 2.05) is 41.8 Å². The smallest absolute Gasteiger partial charge is 0.226 e. The van der Waals surface area contributed by atoms with Gasteiger partial charge in [-0.15, -0.1) is 21.5 Å². The number of hydrogen-bond acceptors (Lipinski definition) is 7. The van der Waals surface area contributed by atoms with E-state index >= 15 is 0 Å². The summed E-state index contributed by atoms with van der Waals surface area (Å²) in [7, 11) is 5.03. The van der Waals surface area contributed by atoms with E-state index in [1.54, 1.807) is 44.4 Å². The highest BCUT2D eigenvalue weighted by Crippen LogP contribution is 2.39. The molecule has 7 nitrogen and oxygen atoms in total. The minimum absolute atomic E-state index is 0.0430. The van der Waals surface area contributed by atoms with Gasteiger partial charge in [-0.3, -0.25) is 4.79 Å². The van der Waals surface area contributed by atoms with Gasteiger partial charge in [0.1, 0.15) is 29.6 Å². The zero-order valence-electron chi connectivity index (χ0n) is 21.1. The predicted molar refractivity (Wildman–Crippen MR) is 146 cm³/mol. The lowest BCUT2D eigenvalue weighted by molar-refractivity contribution is -0.127. The van der Waals surface area contributed by atoms with Crippen molar-refractivity contribution in [1.82, 2.24) is 20.1 Å². The highest BCUT2D eigenvalue weighted by atomic mass is 32.1. The SMILES string of the molecule is COc1ncccc1COc1cc(F)ccc1-c1nnc(-c2ccc(CC(=O)N(C)C)cc2)c2ccsc12. The van der Waals surface area contributed by atoms with E-state index in [9.17, 15) is 9.18 Å². The number of halogens is 1. The molecule has 0 radical (unpaired) electrons. The topological polar surface area (TPSA) is 77.4 Å². The summed E-state index contributed by atoms with van der Waals surface area (Å²) in [5.41, 5.74) is 4.55. The molecule has 0 saturated carbocycles. The molecular weight excluding hydrogens is 503 g/mol. The molecule has 38 heavy (non-hydrogen) atoms. The van der Waals surface area contributed by atoms with E-state index in [0.717, 1.165) is 32.5 Å². The number of fused-ring (bicyclic) bond motifs is 1. The minimum Gasteiger partial charge on any atom is -0.488 e. The van der Waals surface area contributed by atoms with Crippen molar-refractivity contribution in [3.8, 4) is 34.1 Å². The second kappa shape index (κ2) is 10.9. The van der Waals surface area contributed by atoms with Gasteiger partial charge >= 0.3 is 0 Å². The van der Waals surface area contributed by atoms with Crippen LogP contribution in [0, 0.1) is 5.82 Å². The molecule has 0 aliphatic heterocycles.